The summed E-state index contributed by atoms with van der Waals surface area (Å²) in [5, 5.41) is 14.2. The van der Waals surface area contributed by atoms with Gasteiger partial charge in [-0.05, 0) is 25.7 Å². The predicted molar refractivity (Wildman–Crippen MR) is 72.8 cm³/mol. The van der Waals surface area contributed by atoms with E-state index in [9.17, 15) is 18.0 Å². The summed E-state index contributed by atoms with van der Waals surface area (Å²) >= 11 is 0. The zero-order valence-electron chi connectivity index (χ0n) is 11.4. The zero-order chi connectivity index (χ0) is 15.2. The van der Waals surface area contributed by atoms with E-state index >= 15 is 0 Å². The number of urea groups is 1. The monoisotopic (exact) mass is 307 g/mol. The molecule has 1 saturated carbocycles. The fourth-order valence-electron chi connectivity index (χ4n) is 2.12. The molecule has 0 saturated heterocycles. The third kappa shape index (κ3) is 6.71. The Morgan fingerprint density at radius 2 is 1.95 bits per heavy atom. The average molecular weight is 307 g/mol. The van der Waals surface area contributed by atoms with E-state index in [1.807, 2.05) is 0 Å². The van der Waals surface area contributed by atoms with Crippen molar-refractivity contribution in [1.82, 2.24) is 15.4 Å². The van der Waals surface area contributed by atoms with Gasteiger partial charge in [-0.3, -0.25) is 4.79 Å². The molecule has 2 unspecified atom stereocenters. The number of carboxylic acid groups (broad SMARTS) is 1. The molecule has 2 amide bonds. The van der Waals surface area contributed by atoms with Gasteiger partial charge in [0.1, 0.15) is 0 Å². The molecule has 116 valence electrons. The average Bonchev–Trinajstić information content (AvgIpc) is 2.75. The highest BCUT2D eigenvalue weighted by Gasteiger charge is 2.30. The summed E-state index contributed by atoms with van der Waals surface area (Å²) < 4.78 is 23.9. The first-order valence-electron chi connectivity index (χ1n) is 6.50. The Morgan fingerprint density at radius 3 is 2.50 bits per heavy atom. The van der Waals surface area contributed by atoms with Crippen LogP contribution in [0.4, 0.5) is 4.79 Å². The molecule has 1 rings (SSSR count). The third-order valence-corrected chi connectivity index (χ3v) is 3.85. The van der Waals surface area contributed by atoms with Crippen LogP contribution in [0.2, 0.25) is 0 Å². The van der Waals surface area contributed by atoms with Crippen LogP contribution >= 0.6 is 0 Å². The molecule has 0 aromatic heterocycles. The van der Waals surface area contributed by atoms with Crippen LogP contribution in [0.1, 0.15) is 25.7 Å². The van der Waals surface area contributed by atoms with Crippen LogP contribution in [0.3, 0.4) is 0 Å². The van der Waals surface area contributed by atoms with Gasteiger partial charge in [0.25, 0.3) is 0 Å². The van der Waals surface area contributed by atoms with Gasteiger partial charge >= 0.3 is 12.0 Å². The summed E-state index contributed by atoms with van der Waals surface area (Å²) in [5.74, 6) is -1.19. The second kappa shape index (κ2) is 7.44. The van der Waals surface area contributed by atoms with Gasteiger partial charge in [0.15, 0.2) is 0 Å². The fraction of sp³-hybridized carbons (Fsp3) is 0.818. The van der Waals surface area contributed by atoms with Gasteiger partial charge in [0, 0.05) is 19.1 Å². The molecule has 0 aromatic rings. The molecule has 0 radical (unpaired) electrons. The molecule has 1 aliphatic rings. The number of sulfonamides is 1. The van der Waals surface area contributed by atoms with Gasteiger partial charge in [-0.25, -0.2) is 17.9 Å². The van der Waals surface area contributed by atoms with Gasteiger partial charge in [-0.1, -0.05) is 0 Å². The van der Waals surface area contributed by atoms with Crippen LogP contribution in [0.15, 0.2) is 0 Å². The van der Waals surface area contributed by atoms with Crippen LogP contribution in [-0.2, 0) is 14.8 Å². The summed E-state index contributed by atoms with van der Waals surface area (Å²) in [7, 11) is -3.19. The Morgan fingerprint density at radius 1 is 1.25 bits per heavy atom. The van der Waals surface area contributed by atoms with Crippen molar-refractivity contribution in [3.63, 3.8) is 0 Å². The van der Waals surface area contributed by atoms with E-state index in [0.29, 0.717) is 32.2 Å². The van der Waals surface area contributed by atoms with E-state index in [1.54, 1.807) is 0 Å². The highest BCUT2D eigenvalue weighted by atomic mass is 32.2. The molecule has 0 bridgehead atoms. The highest BCUT2D eigenvalue weighted by molar-refractivity contribution is 7.88. The molecule has 1 aliphatic carbocycles. The largest absolute Gasteiger partial charge is 0.481 e. The van der Waals surface area contributed by atoms with Crippen LogP contribution in [0.5, 0.6) is 0 Å². The first-order valence-corrected chi connectivity index (χ1v) is 8.39. The number of amides is 2. The standard InChI is InChI=1S/C11H21N3O5S/c1-20(18,19)13-6-2-5-12-11(17)14-9-4-3-8(7-9)10(15)16/h8-9,13H,2-7H2,1H3,(H,15,16)(H2,12,14,17). The second-order valence-electron chi connectivity index (χ2n) is 4.97. The highest BCUT2D eigenvalue weighted by Crippen LogP contribution is 2.25. The van der Waals surface area contributed by atoms with Crippen LogP contribution < -0.4 is 15.4 Å². The number of carbonyl (C=O) groups is 2. The lowest BCUT2D eigenvalue weighted by molar-refractivity contribution is -0.141. The molecular formula is C11H21N3O5S. The van der Waals surface area contributed by atoms with Gasteiger partial charge in [-0.15, -0.1) is 0 Å². The van der Waals surface area contributed by atoms with Crippen molar-refractivity contribution in [3.05, 3.63) is 0 Å². The third-order valence-electron chi connectivity index (χ3n) is 3.12. The summed E-state index contributed by atoms with van der Waals surface area (Å²) in [6, 6.07) is -0.453. The zero-order valence-corrected chi connectivity index (χ0v) is 12.2. The van der Waals surface area contributed by atoms with Gasteiger partial charge in [-0.2, -0.15) is 0 Å². The maximum absolute atomic E-state index is 11.5. The van der Waals surface area contributed by atoms with Crippen molar-refractivity contribution in [2.45, 2.75) is 31.7 Å². The molecule has 0 heterocycles. The van der Waals surface area contributed by atoms with Crippen molar-refractivity contribution in [3.8, 4) is 0 Å². The Bertz CT molecular complexity index is 451. The normalized spacial score (nSPS) is 22.4. The van der Waals surface area contributed by atoms with E-state index < -0.39 is 16.0 Å². The first-order chi connectivity index (χ1) is 9.28. The summed E-state index contributed by atoms with van der Waals surface area (Å²) in [6.07, 6.45) is 3.27. The second-order valence-corrected chi connectivity index (χ2v) is 6.80. The Labute approximate surface area is 118 Å². The number of hydrogen-bond acceptors (Lipinski definition) is 4. The van der Waals surface area contributed by atoms with Crippen LogP contribution in [0.25, 0.3) is 0 Å². The summed E-state index contributed by atoms with van der Waals surface area (Å²) in [4.78, 5) is 22.3. The van der Waals surface area contributed by atoms with Crippen molar-refractivity contribution < 1.29 is 23.1 Å². The van der Waals surface area contributed by atoms with E-state index in [-0.39, 0.29) is 24.5 Å². The van der Waals surface area contributed by atoms with Crippen LogP contribution in [-0.4, -0.2) is 50.9 Å². The number of hydrogen-bond donors (Lipinski definition) is 4. The SMILES string of the molecule is CS(=O)(=O)NCCCNC(=O)NC1CCC(C(=O)O)C1. The summed E-state index contributed by atoms with van der Waals surface area (Å²) in [6.45, 7) is 0.618. The molecule has 2 atom stereocenters. The molecule has 0 aromatic carbocycles. The molecular weight excluding hydrogens is 286 g/mol. The lowest BCUT2D eigenvalue weighted by atomic mass is 10.1. The smallest absolute Gasteiger partial charge is 0.315 e. The maximum atomic E-state index is 11.5. The van der Waals surface area contributed by atoms with Crippen molar-refractivity contribution >= 4 is 22.0 Å². The minimum absolute atomic E-state index is 0.106. The molecule has 0 spiro atoms. The Balaban J connectivity index is 2.11. The first kappa shape index (κ1) is 16.7. The Hall–Kier alpha value is -1.35. The minimum atomic E-state index is -3.19. The molecule has 9 heteroatoms. The number of carboxylic acids is 1. The maximum Gasteiger partial charge on any atom is 0.315 e. The minimum Gasteiger partial charge on any atom is -0.481 e. The van der Waals surface area contributed by atoms with Gasteiger partial charge in [0.05, 0.1) is 12.2 Å². The van der Waals surface area contributed by atoms with Crippen molar-refractivity contribution in [2.24, 2.45) is 5.92 Å². The van der Waals surface area contributed by atoms with Crippen molar-refractivity contribution in [2.75, 3.05) is 19.3 Å². The summed E-state index contributed by atoms with van der Waals surface area (Å²) in [5.41, 5.74) is 0. The number of aliphatic carboxylic acids is 1. The number of rotatable bonds is 7. The van der Waals surface area contributed by atoms with E-state index in [1.165, 1.54) is 0 Å². The molecule has 1 fully saturated rings. The quantitative estimate of drug-likeness (QED) is 0.471. The number of nitrogens with one attached hydrogen (secondary N) is 3. The van der Waals surface area contributed by atoms with Crippen LogP contribution in [0, 0.1) is 5.92 Å². The van der Waals surface area contributed by atoms with E-state index in [4.69, 9.17) is 5.11 Å². The molecule has 0 aliphatic heterocycles. The lowest BCUT2D eigenvalue weighted by Crippen LogP contribution is -2.42. The lowest BCUT2D eigenvalue weighted by Gasteiger charge is -2.13. The molecule has 20 heavy (non-hydrogen) atoms. The topological polar surface area (TPSA) is 125 Å². The molecule has 4 N–H and O–H groups in total. The molecule has 8 nitrogen and oxygen atoms in total. The number of carbonyl (C=O) groups excluding carboxylic acids is 1. The Kier molecular flexibility index (Phi) is 6.21. The van der Waals surface area contributed by atoms with E-state index in [2.05, 4.69) is 15.4 Å². The predicted octanol–water partition coefficient (Wildman–Crippen LogP) is -0.522. The van der Waals surface area contributed by atoms with Crippen molar-refractivity contribution in [1.29, 1.82) is 0 Å². The fourth-order valence-corrected chi connectivity index (χ4v) is 2.64. The van der Waals surface area contributed by atoms with Gasteiger partial charge in [0.2, 0.25) is 10.0 Å². The van der Waals surface area contributed by atoms with E-state index in [0.717, 1.165) is 6.26 Å². The van der Waals surface area contributed by atoms with Gasteiger partial charge < -0.3 is 15.7 Å².